The number of hydrogen-bond acceptors (Lipinski definition) is 4. The van der Waals surface area contributed by atoms with Gasteiger partial charge in [0.05, 0.1) is 19.1 Å². The molecule has 0 spiro atoms. The Morgan fingerprint density at radius 1 is 1.04 bits per heavy atom. The van der Waals surface area contributed by atoms with E-state index < -0.39 is 0 Å². The lowest BCUT2D eigenvalue weighted by molar-refractivity contribution is 0.101. The van der Waals surface area contributed by atoms with E-state index in [0.717, 1.165) is 11.4 Å². The van der Waals surface area contributed by atoms with Crippen molar-refractivity contribution in [3.05, 3.63) is 84.8 Å². The lowest BCUT2D eigenvalue weighted by Gasteiger charge is -2.09. The molecule has 0 saturated heterocycles. The van der Waals surface area contributed by atoms with E-state index in [9.17, 15) is 4.79 Å². The monoisotopic (exact) mass is 359 g/mol. The van der Waals surface area contributed by atoms with E-state index in [1.807, 2.05) is 36.4 Å². The number of amides is 1. The number of methoxy groups -OCH3 is 1. The SMILES string of the molecule is COc1ccc(NC(=O)c2cc(-c3ccco3)nn2-c2ccccc2)cc1. The summed E-state index contributed by atoms with van der Waals surface area (Å²) in [5.41, 5.74) is 2.45. The van der Waals surface area contributed by atoms with Crippen molar-refractivity contribution >= 4 is 11.6 Å². The number of rotatable bonds is 5. The maximum absolute atomic E-state index is 12.9. The highest BCUT2D eigenvalue weighted by Crippen LogP contribution is 2.23. The molecule has 4 rings (SSSR count). The molecule has 134 valence electrons. The number of aromatic nitrogens is 2. The number of anilines is 1. The molecule has 0 unspecified atom stereocenters. The largest absolute Gasteiger partial charge is 0.497 e. The van der Waals surface area contributed by atoms with Crippen molar-refractivity contribution in [3.63, 3.8) is 0 Å². The summed E-state index contributed by atoms with van der Waals surface area (Å²) in [4.78, 5) is 12.9. The third kappa shape index (κ3) is 3.46. The highest BCUT2D eigenvalue weighted by atomic mass is 16.5. The van der Waals surface area contributed by atoms with Crippen molar-refractivity contribution in [1.82, 2.24) is 9.78 Å². The molecule has 0 saturated carbocycles. The van der Waals surface area contributed by atoms with Gasteiger partial charge in [-0.25, -0.2) is 4.68 Å². The molecule has 2 heterocycles. The Morgan fingerprint density at radius 2 is 1.81 bits per heavy atom. The lowest BCUT2D eigenvalue weighted by Crippen LogP contribution is -2.16. The molecule has 0 atom stereocenters. The minimum atomic E-state index is -0.269. The molecular weight excluding hydrogens is 342 g/mol. The molecule has 0 aliphatic heterocycles. The van der Waals surface area contributed by atoms with Crippen molar-refractivity contribution in [1.29, 1.82) is 0 Å². The Bertz CT molecular complexity index is 1040. The predicted molar refractivity (Wildman–Crippen MR) is 102 cm³/mol. The molecule has 0 radical (unpaired) electrons. The molecule has 4 aromatic rings. The first kappa shape index (κ1) is 16.7. The zero-order valence-corrected chi connectivity index (χ0v) is 14.6. The summed E-state index contributed by atoms with van der Waals surface area (Å²) in [6.45, 7) is 0. The van der Waals surface area contributed by atoms with E-state index in [1.165, 1.54) is 0 Å². The number of hydrogen-bond donors (Lipinski definition) is 1. The summed E-state index contributed by atoms with van der Waals surface area (Å²) in [7, 11) is 1.60. The Labute approximate surface area is 156 Å². The standard InChI is InChI=1S/C21H17N3O3/c1-26-17-11-9-15(10-12-17)22-21(25)19-14-18(20-8-5-13-27-20)23-24(19)16-6-3-2-4-7-16/h2-14H,1H3,(H,22,25). The zero-order chi connectivity index (χ0) is 18.6. The quantitative estimate of drug-likeness (QED) is 0.574. The van der Waals surface area contributed by atoms with Crippen LogP contribution in [0.5, 0.6) is 5.75 Å². The van der Waals surface area contributed by atoms with Crippen LogP contribution in [0.2, 0.25) is 0 Å². The van der Waals surface area contributed by atoms with E-state index in [0.29, 0.717) is 22.8 Å². The van der Waals surface area contributed by atoms with Crippen molar-refractivity contribution in [3.8, 4) is 22.9 Å². The van der Waals surface area contributed by atoms with Crippen molar-refractivity contribution in [2.75, 3.05) is 12.4 Å². The van der Waals surface area contributed by atoms with Crippen LogP contribution in [0, 0.1) is 0 Å². The van der Waals surface area contributed by atoms with Gasteiger partial charge in [0.1, 0.15) is 17.1 Å². The van der Waals surface area contributed by atoms with Gasteiger partial charge >= 0.3 is 0 Å². The van der Waals surface area contributed by atoms with Crippen molar-refractivity contribution in [2.45, 2.75) is 0 Å². The number of carbonyl (C=O) groups excluding carboxylic acids is 1. The molecule has 6 heteroatoms. The topological polar surface area (TPSA) is 69.3 Å². The third-order valence-electron chi connectivity index (χ3n) is 4.06. The summed E-state index contributed by atoms with van der Waals surface area (Å²) in [5.74, 6) is 1.06. The van der Waals surface area contributed by atoms with Crippen LogP contribution in [0.4, 0.5) is 5.69 Å². The van der Waals surface area contributed by atoms with Gasteiger partial charge in [-0.3, -0.25) is 4.79 Å². The van der Waals surface area contributed by atoms with Gasteiger partial charge in [0.15, 0.2) is 5.76 Å². The molecule has 2 aromatic heterocycles. The lowest BCUT2D eigenvalue weighted by atomic mass is 10.2. The second kappa shape index (κ2) is 7.21. The Hall–Kier alpha value is -3.80. The average molecular weight is 359 g/mol. The first-order valence-electron chi connectivity index (χ1n) is 8.39. The van der Waals surface area contributed by atoms with Gasteiger partial charge < -0.3 is 14.5 Å². The predicted octanol–water partition coefficient (Wildman–Crippen LogP) is 4.39. The summed E-state index contributed by atoms with van der Waals surface area (Å²) >= 11 is 0. The first-order chi connectivity index (χ1) is 13.2. The molecule has 0 aliphatic rings. The van der Waals surface area contributed by atoms with Crippen LogP contribution in [-0.2, 0) is 0 Å². The molecule has 0 bridgehead atoms. The van der Waals surface area contributed by atoms with Gasteiger partial charge in [-0.2, -0.15) is 5.10 Å². The second-order valence-corrected chi connectivity index (χ2v) is 5.82. The number of para-hydroxylation sites is 1. The average Bonchev–Trinajstić information content (AvgIpc) is 3.39. The Kier molecular flexibility index (Phi) is 4.45. The summed E-state index contributed by atoms with van der Waals surface area (Å²) in [5, 5.41) is 7.45. The Balaban J connectivity index is 1.70. The third-order valence-corrected chi connectivity index (χ3v) is 4.06. The van der Waals surface area contributed by atoms with Crippen LogP contribution in [0.25, 0.3) is 17.1 Å². The van der Waals surface area contributed by atoms with Crippen LogP contribution in [-0.4, -0.2) is 22.8 Å². The highest BCUT2D eigenvalue weighted by Gasteiger charge is 2.19. The van der Waals surface area contributed by atoms with Crippen LogP contribution >= 0.6 is 0 Å². The maximum Gasteiger partial charge on any atom is 0.274 e. The van der Waals surface area contributed by atoms with Crippen LogP contribution < -0.4 is 10.1 Å². The van der Waals surface area contributed by atoms with Gasteiger partial charge in [0.2, 0.25) is 0 Å². The molecule has 0 fully saturated rings. The minimum absolute atomic E-state index is 0.269. The van der Waals surface area contributed by atoms with Crippen LogP contribution in [0.1, 0.15) is 10.5 Å². The van der Waals surface area contributed by atoms with E-state index in [2.05, 4.69) is 10.4 Å². The van der Waals surface area contributed by atoms with E-state index in [1.54, 1.807) is 54.5 Å². The normalized spacial score (nSPS) is 10.6. The molecule has 2 aromatic carbocycles. The van der Waals surface area contributed by atoms with E-state index in [-0.39, 0.29) is 5.91 Å². The fourth-order valence-electron chi connectivity index (χ4n) is 2.72. The number of furan rings is 1. The minimum Gasteiger partial charge on any atom is -0.497 e. The second-order valence-electron chi connectivity index (χ2n) is 5.82. The fraction of sp³-hybridized carbons (Fsp3) is 0.0476. The molecule has 6 nitrogen and oxygen atoms in total. The fourth-order valence-corrected chi connectivity index (χ4v) is 2.72. The molecule has 1 N–H and O–H groups in total. The molecular formula is C21H17N3O3. The number of carbonyl (C=O) groups is 1. The van der Waals surface area contributed by atoms with Crippen molar-refractivity contribution < 1.29 is 13.9 Å². The van der Waals surface area contributed by atoms with E-state index in [4.69, 9.17) is 9.15 Å². The summed E-state index contributed by atoms with van der Waals surface area (Å²) < 4.78 is 12.2. The van der Waals surface area contributed by atoms with Gasteiger partial charge in [-0.1, -0.05) is 18.2 Å². The van der Waals surface area contributed by atoms with Gasteiger partial charge in [-0.15, -0.1) is 0 Å². The molecule has 0 aliphatic carbocycles. The number of benzene rings is 2. The maximum atomic E-state index is 12.9. The number of ether oxygens (including phenoxy) is 1. The van der Waals surface area contributed by atoms with E-state index >= 15 is 0 Å². The summed E-state index contributed by atoms with van der Waals surface area (Å²) in [6, 6.07) is 22.0. The molecule has 1 amide bonds. The smallest absolute Gasteiger partial charge is 0.274 e. The van der Waals surface area contributed by atoms with Crippen LogP contribution in [0.15, 0.2) is 83.5 Å². The van der Waals surface area contributed by atoms with Gasteiger partial charge in [0, 0.05) is 11.8 Å². The Morgan fingerprint density at radius 3 is 2.48 bits per heavy atom. The number of nitrogens with one attached hydrogen (secondary N) is 1. The van der Waals surface area contributed by atoms with Crippen molar-refractivity contribution in [2.24, 2.45) is 0 Å². The van der Waals surface area contributed by atoms with Crippen LogP contribution in [0.3, 0.4) is 0 Å². The van der Waals surface area contributed by atoms with Gasteiger partial charge in [-0.05, 0) is 48.5 Å². The van der Waals surface area contributed by atoms with Gasteiger partial charge in [0.25, 0.3) is 5.91 Å². The first-order valence-corrected chi connectivity index (χ1v) is 8.39. The zero-order valence-electron chi connectivity index (χ0n) is 14.6. The number of nitrogens with zero attached hydrogens (tertiary/aromatic N) is 2. The molecule has 27 heavy (non-hydrogen) atoms. The highest BCUT2D eigenvalue weighted by molar-refractivity contribution is 6.04. The summed E-state index contributed by atoms with van der Waals surface area (Å²) in [6.07, 6.45) is 1.58.